The Bertz CT molecular complexity index is 1260. The molecule has 0 aliphatic carbocycles. The molecule has 12 heteroatoms. The zero-order valence-corrected chi connectivity index (χ0v) is 20.7. The van der Waals surface area contributed by atoms with Crippen LogP contribution in [0.2, 0.25) is 5.02 Å². The highest BCUT2D eigenvalue weighted by Crippen LogP contribution is 2.20. The van der Waals surface area contributed by atoms with E-state index in [1.165, 1.54) is 48.5 Å². The number of nitrogens with zero attached hydrogens (tertiary/aromatic N) is 2. The Morgan fingerprint density at radius 1 is 1.19 bits per heavy atom. The molecule has 0 spiro atoms. The van der Waals surface area contributed by atoms with E-state index < -0.39 is 29.8 Å². The second-order valence-electron chi connectivity index (χ2n) is 8.14. The van der Waals surface area contributed by atoms with Crippen LogP contribution >= 0.6 is 11.6 Å². The number of urea groups is 1. The average Bonchev–Trinajstić information content (AvgIpc) is 2.88. The van der Waals surface area contributed by atoms with E-state index in [9.17, 15) is 23.2 Å². The van der Waals surface area contributed by atoms with E-state index in [0.29, 0.717) is 42.1 Å². The van der Waals surface area contributed by atoms with Crippen molar-refractivity contribution in [3.8, 4) is 0 Å². The minimum atomic E-state index is -0.806. The molecule has 0 fully saturated rings. The van der Waals surface area contributed by atoms with E-state index in [4.69, 9.17) is 16.3 Å². The topological polar surface area (TPSA) is 113 Å². The molecule has 0 saturated heterocycles. The summed E-state index contributed by atoms with van der Waals surface area (Å²) in [4.78, 5) is 41.1. The lowest BCUT2D eigenvalue weighted by atomic mass is 10.1. The number of hydrogen-bond acceptors (Lipinski definition) is 5. The van der Waals surface area contributed by atoms with Crippen LogP contribution < -0.4 is 16.0 Å². The van der Waals surface area contributed by atoms with Gasteiger partial charge in [-0.05, 0) is 54.1 Å². The molecule has 0 radical (unpaired) electrons. The van der Waals surface area contributed by atoms with Gasteiger partial charge in [-0.3, -0.25) is 10.1 Å². The van der Waals surface area contributed by atoms with Crippen molar-refractivity contribution in [2.75, 3.05) is 25.5 Å². The van der Waals surface area contributed by atoms with Crippen LogP contribution in [0.3, 0.4) is 0 Å². The van der Waals surface area contributed by atoms with E-state index in [2.05, 4.69) is 20.9 Å². The summed E-state index contributed by atoms with van der Waals surface area (Å²) >= 11 is 5.94. The molecule has 0 bridgehead atoms. The van der Waals surface area contributed by atoms with E-state index in [-0.39, 0.29) is 24.0 Å². The summed E-state index contributed by atoms with van der Waals surface area (Å²) in [6.07, 6.45) is 2.18. The first-order chi connectivity index (χ1) is 17.8. The van der Waals surface area contributed by atoms with Gasteiger partial charge in [0.05, 0.1) is 11.1 Å². The van der Waals surface area contributed by atoms with Crippen LogP contribution in [0.15, 0.2) is 48.7 Å². The van der Waals surface area contributed by atoms with Crippen LogP contribution in [0.4, 0.5) is 24.2 Å². The molecule has 37 heavy (non-hydrogen) atoms. The number of amides is 4. The summed E-state index contributed by atoms with van der Waals surface area (Å²) < 4.78 is 32.5. The zero-order valence-electron chi connectivity index (χ0n) is 20.0. The van der Waals surface area contributed by atoms with Crippen LogP contribution in [0.25, 0.3) is 10.8 Å². The minimum absolute atomic E-state index is 0.00520. The number of anilines is 1. The Morgan fingerprint density at radius 2 is 2.00 bits per heavy atom. The predicted octanol–water partition coefficient (Wildman–Crippen LogP) is 4.45. The van der Waals surface area contributed by atoms with Gasteiger partial charge < -0.3 is 20.3 Å². The molecular formula is C25H26ClF2N5O4. The number of fused-ring (bicyclic) bond motifs is 1. The SMILES string of the molecule is CN(C(=O)NCc1cccc(F)c1Cl)[C@@H](CCCNC=O)COC(=O)Nc1cc2cc(F)ccc2cn1. The standard InChI is InChI=1S/C25H26ClF2N5O4/c1-33(24(35)31-13-17-4-2-6-21(28)23(17)26)20(5-3-9-29-15-34)14-37-25(36)32-22-11-18-10-19(27)8-7-16(18)12-30-22/h2,4,6-8,10-12,15,20H,3,5,9,13-14H2,1H3,(H,29,34)(H,31,35)(H,30,32,36)/t20-/m0/s1. The molecule has 2 aromatic carbocycles. The number of nitrogens with one attached hydrogen (secondary N) is 3. The van der Waals surface area contributed by atoms with Crippen molar-refractivity contribution in [2.45, 2.75) is 25.4 Å². The summed E-state index contributed by atoms with van der Waals surface area (Å²) in [7, 11) is 1.53. The normalized spacial score (nSPS) is 11.5. The lowest BCUT2D eigenvalue weighted by Gasteiger charge is -2.28. The van der Waals surface area contributed by atoms with Gasteiger partial charge in [-0.15, -0.1) is 0 Å². The summed E-state index contributed by atoms with van der Waals surface area (Å²) in [6, 6.07) is 9.00. The summed E-state index contributed by atoms with van der Waals surface area (Å²) in [5.74, 6) is -0.833. The molecule has 4 amide bonds. The van der Waals surface area contributed by atoms with Gasteiger partial charge in [-0.25, -0.2) is 23.4 Å². The van der Waals surface area contributed by atoms with Crippen molar-refractivity contribution in [1.29, 1.82) is 0 Å². The first-order valence-corrected chi connectivity index (χ1v) is 11.8. The Hall–Kier alpha value is -3.99. The maximum absolute atomic E-state index is 13.7. The van der Waals surface area contributed by atoms with Gasteiger partial charge in [0.15, 0.2) is 0 Å². The Morgan fingerprint density at radius 3 is 2.78 bits per heavy atom. The van der Waals surface area contributed by atoms with Gasteiger partial charge in [-0.1, -0.05) is 23.7 Å². The van der Waals surface area contributed by atoms with E-state index in [1.807, 2.05) is 0 Å². The van der Waals surface area contributed by atoms with Gasteiger partial charge in [0, 0.05) is 31.7 Å². The number of likely N-dealkylation sites (N-methyl/N-ethyl adjacent to an activating group) is 1. The van der Waals surface area contributed by atoms with Crippen molar-refractivity contribution in [3.63, 3.8) is 0 Å². The molecule has 3 N–H and O–H groups in total. The third-order valence-electron chi connectivity index (χ3n) is 5.59. The van der Waals surface area contributed by atoms with Crippen molar-refractivity contribution < 1.29 is 27.9 Å². The average molecular weight is 534 g/mol. The molecule has 1 atom stereocenters. The highest BCUT2D eigenvalue weighted by Gasteiger charge is 2.22. The third-order valence-corrected chi connectivity index (χ3v) is 6.02. The Kier molecular flexibility index (Phi) is 9.96. The molecule has 3 rings (SSSR count). The van der Waals surface area contributed by atoms with Crippen LogP contribution in [0.1, 0.15) is 18.4 Å². The van der Waals surface area contributed by atoms with Crippen molar-refractivity contribution >= 4 is 46.7 Å². The molecule has 0 aliphatic rings. The third kappa shape index (κ3) is 8.01. The fraction of sp³-hybridized carbons (Fsp3) is 0.280. The second-order valence-corrected chi connectivity index (χ2v) is 8.51. The van der Waals surface area contributed by atoms with E-state index >= 15 is 0 Å². The highest BCUT2D eigenvalue weighted by atomic mass is 35.5. The quantitative estimate of drug-likeness (QED) is 0.249. The first-order valence-electron chi connectivity index (χ1n) is 11.4. The minimum Gasteiger partial charge on any atom is -0.447 e. The van der Waals surface area contributed by atoms with Gasteiger partial charge in [0.1, 0.15) is 24.1 Å². The van der Waals surface area contributed by atoms with Crippen LogP contribution in [0, 0.1) is 11.6 Å². The summed E-state index contributed by atoms with van der Waals surface area (Å²) in [5, 5.41) is 8.88. The van der Waals surface area contributed by atoms with E-state index in [0.717, 1.165) is 0 Å². The summed E-state index contributed by atoms with van der Waals surface area (Å²) in [6.45, 7) is 0.215. The predicted molar refractivity (Wildman–Crippen MR) is 135 cm³/mol. The zero-order chi connectivity index (χ0) is 26.8. The molecule has 0 unspecified atom stereocenters. The van der Waals surface area contributed by atoms with Gasteiger partial charge >= 0.3 is 12.1 Å². The number of hydrogen-bond donors (Lipinski definition) is 3. The van der Waals surface area contributed by atoms with Crippen molar-refractivity contribution in [1.82, 2.24) is 20.5 Å². The molecule has 0 saturated carbocycles. The maximum Gasteiger partial charge on any atom is 0.412 e. The smallest absolute Gasteiger partial charge is 0.412 e. The second kappa shape index (κ2) is 13.4. The fourth-order valence-electron chi connectivity index (χ4n) is 3.53. The molecule has 3 aromatic rings. The number of carbonyl (C=O) groups is 3. The molecule has 0 aliphatic heterocycles. The summed E-state index contributed by atoms with van der Waals surface area (Å²) in [5.41, 5.74) is 0.411. The van der Waals surface area contributed by atoms with Gasteiger partial charge in [-0.2, -0.15) is 0 Å². The lowest BCUT2D eigenvalue weighted by Crippen LogP contribution is -2.46. The number of halogens is 3. The molecule has 1 heterocycles. The number of rotatable bonds is 11. The maximum atomic E-state index is 13.7. The Labute approximate surface area is 217 Å². The number of aromatic nitrogens is 1. The number of benzene rings is 2. The fourth-order valence-corrected chi connectivity index (χ4v) is 3.72. The number of ether oxygens (including phenoxy) is 1. The van der Waals surface area contributed by atoms with Crippen molar-refractivity contribution in [3.05, 3.63) is 70.9 Å². The van der Waals surface area contributed by atoms with Gasteiger partial charge in [0.25, 0.3) is 0 Å². The molecule has 1 aromatic heterocycles. The van der Waals surface area contributed by atoms with Crippen molar-refractivity contribution in [2.24, 2.45) is 0 Å². The lowest BCUT2D eigenvalue weighted by molar-refractivity contribution is -0.109. The number of pyridine rings is 1. The highest BCUT2D eigenvalue weighted by molar-refractivity contribution is 6.31. The van der Waals surface area contributed by atoms with Crippen LogP contribution in [0.5, 0.6) is 0 Å². The largest absolute Gasteiger partial charge is 0.447 e. The number of carbonyl (C=O) groups excluding carboxylic acids is 3. The Balaban J connectivity index is 1.59. The monoisotopic (exact) mass is 533 g/mol. The molecular weight excluding hydrogens is 508 g/mol. The van der Waals surface area contributed by atoms with Crippen LogP contribution in [-0.4, -0.2) is 54.7 Å². The van der Waals surface area contributed by atoms with Gasteiger partial charge in [0.2, 0.25) is 6.41 Å². The molecule has 196 valence electrons. The van der Waals surface area contributed by atoms with E-state index in [1.54, 1.807) is 12.1 Å². The van der Waals surface area contributed by atoms with Crippen LogP contribution in [-0.2, 0) is 16.1 Å². The first kappa shape index (κ1) is 27.6. The molecule has 9 nitrogen and oxygen atoms in total.